The number of hydrogen-bond acceptors (Lipinski definition) is 6. The van der Waals surface area contributed by atoms with E-state index in [9.17, 15) is 9.59 Å². The molecule has 0 radical (unpaired) electrons. The normalized spacial score (nSPS) is 17.9. The van der Waals surface area contributed by atoms with Crippen LogP contribution < -0.4 is 10.1 Å². The van der Waals surface area contributed by atoms with Gasteiger partial charge in [0.1, 0.15) is 5.75 Å². The first-order chi connectivity index (χ1) is 13.6. The first kappa shape index (κ1) is 18.3. The molecular formula is C22H21NO5. The highest BCUT2D eigenvalue weighted by atomic mass is 16.7. The van der Waals surface area contributed by atoms with Gasteiger partial charge in [-0.2, -0.15) is 0 Å². The zero-order valence-corrected chi connectivity index (χ0v) is 15.6. The zero-order chi connectivity index (χ0) is 19.6. The van der Waals surface area contributed by atoms with Gasteiger partial charge in [0, 0.05) is 17.7 Å². The Labute approximate surface area is 163 Å². The van der Waals surface area contributed by atoms with Crippen molar-refractivity contribution in [3.63, 3.8) is 0 Å². The van der Waals surface area contributed by atoms with Gasteiger partial charge in [0.15, 0.2) is 0 Å². The van der Waals surface area contributed by atoms with Crippen LogP contribution in [0.2, 0.25) is 0 Å². The number of esters is 2. The van der Waals surface area contributed by atoms with Crippen LogP contribution in [0.4, 0.5) is 0 Å². The van der Waals surface area contributed by atoms with E-state index in [2.05, 4.69) is 17.4 Å². The smallest absolute Gasteiger partial charge is 0.334 e. The molecule has 2 aromatic rings. The topological polar surface area (TPSA) is 73.9 Å². The fourth-order valence-electron chi connectivity index (χ4n) is 3.66. The van der Waals surface area contributed by atoms with Crippen molar-refractivity contribution in [2.75, 3.05) is 20.2 Å². The molecule has 2 aliphatic rings. The van der Waals surface area contributed by atoms with Crippen LogP contribution in [-0.2, 0) is 37.7 Å². The highest BCUT2D eigenvalue weighted by molar-refractivity contribution is 5.93. The third kappa shape index (κ3) is 3.64. The van der Waals surface area contributed by atoms with Crippen LogP contribution in [0.5, 0.6) is 5.75 Å². The molecule has 6 nitrogen and oxygen atoms in total. The minimum absolute atomic E-state index is 0.217. The number of methoxy groups -OCH3 is 1. The SMILES string of the molecule is COc1cccc(Cc2ccc3c(c2)CCNCC32OC(=O)C=CC(=O)O2)c1. The molecule has 1 N–H and O–H groups in total. The Morgan fingerprint density at radius 3 is 2.54 bits per heavy atom. The van der Waals surface area contributed by atoms with E-state index >= 15 is 0 Å². The number of ether oxygens (including phenoxy) is 3. The maximum absolute atomic E-state index is 12.0. The van der Waals surface area contributed by atoms with Crippen molar-refractivity contribution >= 4 is 11.9 Å². The molecule has 0 saturated carbocycles. The van der Waals surface area contributed by atoms with Crippen molar-refractivity contribution in [1.82, 2.24) is 5.32 Å². The first-order valence-corrected chi connectivity index (χ1v) is 9.18. The molecule has 2 aliphatic heterocycles. The molecule has 0 saturated heterocycles. The summed E-state index contributed by atoms with van der Waals surface area (Å²) in [5.41, 5.74) is 3.95. The van der Waals surface area contributed by atoms with Crippen molar-refractivity contribution in [2.45, 2.75) is 18.6 Å². The number of nitrogens with one attached hydrogen (secondary N) is 1. The molecule has 0 atom stereocenters. The predicted octanol–water partition coefficient (Wildman–Crippen LogP) is 2.24. The third-order valence-electron chi connectivity index (χ3n) is 4.94. The van der Waals surface area contributed by atoms with Crippen molar-refractivity contribution < 1.29 is 23.8 Å². The summed E-state index contributed by atoms with van der Waals surface area (Å²) in [6.07, 6.45) is 3.68. The minimum Gasteiger partial charge on any atom is -0.497 e. The van der Waals surface area contributed by atoms with Gasteiger partial charge in [0.05, 0.1) is 13.7 Å². The Bertz CT molecular complexity index is 930. The number of carbonyl (C=O) groups excluding carboxylic acids is 2. The third-order valence-corrected chi connectivity index (χ3v) is 4.94. The van der Waals surface area contributed by atoms with Crippen molar-refractivity contribution in [3.05, 3.63) is 76.9 Å². The van der Waals surface area contributed by atoms with Gasteiger partial charge in [-0.1, -0.05) is 30.3 Å². The molecule has 6 heteroatoms. The van der Waals surface area contributed by atoms with Gasteiger partial charge in [-0.15, -0.1) is 0 Å². The maximum Gasteiger partial charge on any atom is 0.334 e. The van der Waals surface area contributed by atoms with E-state index in [1.54, 1.807) is 7.11 Å². The van der Waals surface area contributed by atoms with Crippen molar-refractivity contribution in [3.8, 4) is 5.75 Å². The number of rotatable bonds is 3. The lowest BCUT2D eigenvalue weighted by Gasteiger charge is -2.31. The van der Waals surface area contributed by atoms with Crippen molar-refractivity contribution in [2.24, 2.45) is 0 Å². The standard InChI is InChI=1S/C22H21NO5/c1-26-18-4-2-3-15(13-18)11-16-5-6-19-17(12-16)9-10-23-14-22(19)27-20(24)7-8-21(25)28-22/h2-8,12-13,23H,9-11,14H2,1H3. The monoisotopic (exact) mass is 379 g/mol. The summed E-state index contributed by atoms with van der Waals surface area (Å²) in [6.45, 7) is 0.911. The Morgan fingerprint density at radius 1 is 1.04 bits per heavy atom. The van der Waals surface area contributed by atoms with Gasteiger partial charge < -0.3 is 19.5 Å². The second kappa shape index (κ2) is 7.48. The van der Waals surface area contributed by atoms with Gasteiger partial charge in [0.25, 0.3) is 5.79 Å². The summed E-state index contributed by atoms with van der Waals surface area (Å²) in [5, 5.41) is 3.21. The second-order valence-corrected chi connectivity index (χ2v) is 6.88. The Balaban J connectivity index is 1.68. The molecule has 144 valence electrons. The lowest BCUT2D eigenvalue weighted by atomic mass is 9.93. The van der Waals surface area contributed by atoms with Gasteiger partial charge >= 0.3 is 11.9 Å². The van der Waals surface area contributed by atoms with Gasteiger partial charge in [-0.3, -0.25) is 0 Å². The lowest BCUT2D eigenvalue weighted by molar-refractivity contribution is -0.223. The molecule has 0 aromatic heterocycles. The number of hydrogen-bond donors (Lipinski definition) is 1. The summed E-state index contributed by atoms with van der Waals surface area (Å²) >= 11 is 0. The maximum atomic E-state index is 12.0. The fraction of sp³-hybridized carbons (Fsp3) is 0.273. The summed E-state index contributed by atoms with van der Waals surface area (Å²) in [7, 11) is 1.65. The largest absolute Gasteiger partial charge is 0.497 e. The van der Waals surface area contributed by atoms with Crippen LogP contribution in [0, 0.1) is 0 Å². The summed E-state index contributed by atoms with van der Waals surface area (Å²) in [6, 6.07) is 13.9. The van der Waals surface area contributed by atoms with Crippen LogP contribution in [-0.4, -0.2) is 32.1 Å². The van der Waals surface area contributed by atoms with Crippen LogP contribution in [0.1, 0.15) is 22.3 Å². The van der Waals surface area contributed by atoms with E-state index in [4.69, 9.17) is 14.2 Å². The second-order valence-electron chi connectivity index (χ2n) is 6.88. The van der Waals surface area contributed by atoms with Gasteiger partial charge in [-0.05, 0) is 48.2 Å². The molecule has 1 spiro atoms. The van der Waals surface area contributed by atoms with E-state index in [-0.39, 0.29) is 6.54 Å². The van der Waals surface area contributed by atoms with Crippen LogP contribution >= 0.6 is 0 Å². The molecule has 0 unspecified atom stereocenters. The highest BCUT2D eigenvalue weighted by Crippen LogP contribution is 2.34. The van der Waals surface area contributed by atoms with Gasteiger partial charge in [-0.25, -0.2) is 9.59 Å². The van der Waals surface area contributed by atoms with E-state index in [1.165, 1.54) is 0 Å². The van der Waals surface area contributed by atoms with Crippen LogP contribution in [0.3, 0.4) is 0 Å². The first-order valence-electron chi connectivity index (χ1n) is 9.18. The molecule has 2 heterocycles. The number of fused-ring (bicyclic) bond motifs is 2. The van der Waals surface area contributed by atoms with E-state index in [0.29, 0.717) is 12.1 Å². The average molecular weight is 379 g/mol. The van der Waals surface area contributed by atoms with E-state index in [0.717, 1.165) is 47.4 Å². The molecule has 0 bridgehead atoms. The molecule has 0 aliphatic carbocycles. The molecule has 28 heavy (non-hydrogen) atoms. The average Bonchev–Trinajstić information content (AvgIpc) is 2.95. The number of benzene rings is 2. The lowest BCUT2D eigenvalue weighted by Crippen LogP contribution is -2.43. The molecule has 4 rings (SSSR count). The highest BCUT2D eigenvalue weighted by Gasteiger charge is 2.44. The fourth-order valence-corrected chi connectivity index (χ4v) is 3.66. The molecule has 2 aromatic carbocycles. The minimum atomic E-state index is -1.45. The van der Waals surface area contributed by atoms with E-state index in [1.807, 2.05) is 30.3 Å². The Kier molecular flexibility index (Phi) is 4.88. The van der Waals surface area contributed by atoms with Crippen LogP contribution in [0.15, 0.2) is 54.6 Å². The van der Waals surface area contributed by atoms with Crippen LogP contribution in [0.25, 0.3) is 0 Å². The molecular weight excluding hydrogens is 358 g/mol. The predicted molar refractivity (Wildman–Crippen MR) is 102 cm³/mol. The summed E-state index contributed by atoms with van der Waals surface area (Å²) in [5.74, 6) is -1.82. The number of carbonyl (C=O) groups is 2. The quantitative estimate of drug-likeness (QED) is 0.825. The summed E-state index contributed by atoms with van der Waals surface area (Å²) < 4.78 is 16.4. The van der Waals surface area contributed by atoms with Crippen molar-refractivity contribution in [1.29, 1.82) is 0 Å². The van der Waals surface area contributed by atoms with Gasteiger partial charge in [0.2, 0.25) is 0 Å². The molecule has 0 amide bonds. The Morgan fingerprint density at radius 2 is 1.79 bits per heavy atom. The molecule has 0 fully saturated rings. The Hall–Kier alpha value is -3.12. The van der Waals surface area contributed by atoms with E-state index < -0.39 is 17.7 Å². The zero-order valence-electron chi connectivity index (χ0n) is 15.6. The summed E-state index contributed by atoms with van der Waals surface area (Å²) in [4.78, 5) is 24.0.